The highest BCUT2D eigenvalue weighted by molar-refractivity contribution is 5.83. The first-order valence-corrected chi connectivity index (χ1v) is 18.9. The number of urea groups is 1. The Morgan fingerprint density at radius 3 is 1.34 bits per heavy atom. The zero-order valence-corrected chi connectivity index (χ0v) is 29.4. The number of amides is 3. The van der Waals surface area contributed by atoms with Crippen molar-refractivity contribution in [1.29, 1.82) is 0 Å². The minimum absolute atomic E-state index is 0.105. The maximum atomic E-state index is 12.3. The van der Waals surface area contributed by atoms with Gasteiger partial charge in [0, 0.05) is 19.5 Å². The summed E-state index contributed by atoms with van der Waals surface area (Å²) in [5.41, 5.74) is 0. The fourth-order valence-corrected chi connectivity index (χ4v) is 5.68. The maximum Gasteiger partial charge on any atom is 0.328 e. The van der Waals surface area contributed by atoms with E-state index in [0.29, 0.717) is 25.9 Å². The summed E-state index contributed by atoms with van der Waals surface area (Å²) >= 11 is 0. The first-order valence-electron chi connectivity index (χ1n) is 18.9. The first-order chi connectivity index (χ1) is 21.5. The van der Waals surface area contributed by atoms with Crippen molar-refractivity contribution in [3.63, 3.8) is 0 Å². The molecule has 0 saturated heterocycles. The van der Waals surface area contributed by atoms with Gasteiger partial charge in [-0.1, -0.05) is 155 Å². The number of rotatable bonds is 33. The van der Waals surface area contributed by atoms with Gasteiger partial charge in [0.15, 0.2) is 0 Å². The molecule has 0 aromatic heterocycles. The Morgan fingerprint density at radius 1 is 0.500 bits per heavy atom. The van der Waals surface area contributed by atoms with Crippen molar-refractivity contribution in [2.75, 3.05) is 20.2 Å². The molecule has 260 valence electrons. The lowest BCUT2D eigenvalue weighted by Crippen LogP contribution is -2.46. The molecular formula is C37H73N3O4. The number of methoxy groups -OCH3 is 1. The topological polar surface area (TPSA) is 96.5 Å². The molecule has 0 bridgehead atoms. The number of esters is 1. The van der Waals surface area contributed by atoms with Gasteiger partial charge >= 0.3 is 12.0 Å². The molecule has 44 heavy (non-hydrogen) atoms. The Labute approximate surface area is 272 Å². The fourth-order valence-electron chi connectivity index (χ4n) is 5.68. The summed E-state index contributed by atoms with van der Waals surface area (Å²) in [5, 5.41) is 8.63. The van der Waals surface area contributed by atoms with Crippen LogP contribution in [0.4, 0.5) is 4.79 Å². The lowest BCUT2D eigenvalue weighted by molar-refractivity contribution is -0.143. The summed E-state index contributed by atoms with van der Waals surface area (Å²) in [6.07, 6.45) is 33.5. The van der Waals surface area contributed by atoms with Gasteiger partial charge < -0.3 is 20.7 Å². The Morgan fingerprint density at radius 2 is 0.886 bits per heavy atom. The van der Waals surface area contributed by atoms with E-state index in [-0.39, 0.29) is 11.9 Å². The standard InChI is InChI=1S/C37H73N3O4/c1-4-6-8-10-12-14-15-16-17-18-19-21-23-25-28-33-39-37(43)40-34(36(42)44-3)30-27-29-32-38-35(41)31-26-24-22-20-13-11-9-7-5-2/h34H,4-33H2,1-3H3,(H,38,41)(H2,39,40,43). The summed E-state index contributed by atoms with van der Waals surface area (Å²) in [6.45, 7) is 5.72. The lowest BCUT2D eigenvalue weighted by atomic mass is 10.0. The minimum Gasteiger partial charge on any atom is -0.467 e. The SMILES string of the molecule is CCCCCCCCCCCCCCCCCNC(=O)NC(CCCCNC(=O)CCCCCCCCCCC)C(=O)OC. The van der Waals surface area contributed by atoms with Gasteiger partial charge in [0.2, 0.25) is 5.91 Å². The van der Waals surface area contributed by atoms with Crippen molar-refractivity contribution in [2.24, 2.45) is 0 Å². The van der Waals surface area contributed by atoms with Gasteiger partial charge in [-0.05, 0) is 32.1 Å². The molecule has 0 rings (SSSR count). The molecule has 0 spiro atoms. The molecule has 1 unspecified atom stereocenters. The predicted octanol–water partition coefficient (Wildman–Crippen LogP) is 9.91. The Kier molecular flexibility index (Phi) is 32.7. The highest BCUT2D eigenvalue weighted by Gasteiger charge is 2.20. The van der Waals surface area contributed by atoms with E-state index in [0.717, 1.165) is 38.5 Å². The average molecular weight is 624 g/mol. The minimum atomic E-state index is -0.668. The number of ether oxygens (including phenoxy) is 1. The highest BCUT2D eigenvalue weighted by atomic mass is 16.5. The number of hydrogen-bond donors (Lipinski definition) is 3. The molecule has 1 atom stereocenters. The zero-order chi connectivity index (χ0) is 32.4. The molecule has 3 amide bonds. The van der Waals surface area contributed by atoms with Crippen LogP contribution in [-0.4, -0.2) is 44.1 Å². The van der Waals surface area contributed by atoms with Crippen molar-refractivity contribution in [3.8, 4) is 0 Å². The van der Waals surface area contributed by atoms with E-state index in [9.17, 15) is 14.4 Å². The van der Waals surface area contributed by atoms with E-state index in [1.54, 1.807) is 0 Å². The van der Waals surface area contributed by atoms with Crippen LogP contribution in [-0.2, 0) is 14.3 Å². The van der Waals surface area contributed by atoms with Gasteiger partial charge in [0.25, 0.3) is 0 Å². The molecular weight excluding hydrogens is 550 g/mol. The normalized spacial score (nSPS) is 11.7. The lowest BCUT2D eigenvalue weighted by Gasteiger charge is -2.17. The molecule has 0 fully saturated rings. The van der Waals surface area contributed by atoms with E-state index in [1.807, 2.05) is 0 Å². The van der Waals surface area contributed by atoms with Crippen LogP contribution in [0.25, 0.3) is 0 Å². The summed E-state index contributed by atoms with van der Waals surface area (Å²) < 4.78 is 4.89. The van der Waals surface area contributed by atoms with Gasteiger partial charge in [0.05, 0.1) is 7.11 Å². The van der Waals surface area contributed by atoms with Gasteiger partial charge in [-0.15, -0.1) is 0 Å². The Bertz CT molecular complexity index is 659. The van der Waals surface area contributed by atoms with Crippen LogP contribution in [0.5, 0.6) is 0 Å². The second kappa shape index (κ2) is 34.1. The van der Waals surface area contributed by atoms with E-state index in [4.69, 9.17) is 4.74 Å². The van der Waals surface area contributed by atoms with Crippen LogP contribution in [0, 0.1) is 0 Å². The average Bonchev–Trinajstić information content (AvgIpc) is 3.02. The molecule has 0 aliphatic heterocycles. The van der Waals surface area contributed by atoms with Crippen molar-refractivity contribution in [3.05, 3.63) is 0 Å². The molecule has 0 aromatic carbocycles. The van der Waals surface area contributed by atoms with Crippen molar-refractivity contribution >= 4 is 17.9 Å². The fraction of sp³-hybridized carbons (Fsp3) is 0.919. The van der Waals surface area contributed by atoms with Crippen LogP contribution in [0.1, 0.15) is 194 Å². The third-order valence-electron chi connectivity index (χ3n) is 8.61. The Balaban J connectivity index is 3.71. The van der Waals surface area contributed by atoms with Crippen LogP contribution in [0.3, 0.4) is 0 Å². The summed E-state index contributed by atoms with van der Waals surface area (Å²) in [6, 6.07) is -0.987. The number of carbonyl (C=O) groups excluding carboxylic acids is 3. The monoisotopic (exact) mass is 624 g/mol. The summed E-state index contributed by atoms with van der Waals surface area (Å²) in [5.74, 6) is -0.324. The van der Waals surface area contributed by atoms with Gasteiger partial charge in [-0.3, -0.25) is 4.79 Å². The number of hydrogen-bond acceptors (Lipinski definition) is 4. The molecule has 0 aliphatic rings. The second-order valence-electron chi connectivity index (χ2n) is 12.8. The van der Waals surface area contributed by atoms with Gasteiger partial charge in [-0.25, -0.2) is 9.59 Å². The van der Waals surface area contributed by atoms with Crippen LogP contribution >= 0.6 is 0 Å². The van der Waals surface area contributed by atoms with Crippen molar-refractivity contribution in [1.82, 2.24) is 16.0 Å². The number of carbonyl (C=O) groups is 3. The van der Waals surface area contributed by atoms with Crippen molar-refractivity contribution in [2.45, 2.75) is 200 Å². The second-order valence-corrected chi connectivity index (χ2v) is 12.8. The molecule has 0 saturated carbocycles. The molecule has 3 N–H and O–H groups in total. The molecule has 7 heteroatoms. The van der Waals surface area contributed by atoms with Gasteiger partial charge in [0.1, 0.15) is 6.04 Å². The van der Waals surface area contributed by atoms with E-state index >= 15 is 0 Å². The molecule has 0 radical (unpaired) electrons. The number of unbranched alkanes of at least 4 members (excludes halogenated alkanes) is 23. The predicted molar refractivity (Wildman–Crippen MR) is 186 cm³/mol. The molecule has 0 heterocycles. The zero-order valence-electron chi connectivity index (χ0n) is 29.4. The first kappa shape index (κ1) is 42.2. The maximum absolute atomic E-state index is 12.3. The van der Waals surface area contributed by atoms with Gasteiger partial charge in [-0.2, -0.15) is 0 Å². The third kappa shape index (κ3) is 30.2. The van der Waals surface area contributed by atoms with E-state index in [1.165, 1.54) is 136 Å². The quantitative estimate of drug-likeness (QED) is 0.0501. The molecule has 7 nitrogen and oxygen atoms in total. The summed E-state index contributed by atoms with van der Waals surface area (Å²) in [4.78, 5) is 36.6. The smallest absolute Gasteiger partial charge is 0.328 e. The van der Waals surface area contributed by atoms with Crippen LogP contribution in [0.15, 0.2) is 0 Å². The van der Waals surface area contributed by atoms with Crippen LogP contribution in [0.2, 0.25) is 0 Å². The highest BCUT2D eigenvalue weighted by Crippen LogP contribution is 2.14. The molecule has 0 aliphatic carbocycles. The third-order valence-corrected chi connectivity index (χ3v) is 8.61. The molecule has 0 aromatic rings. The largest absolute Gasteiger partial charge is 0.467 e. The number of nitrogens with one attached hydrogen (secondary N) is 3. The van der Waals surface area contributed by atoms with Crippen molar-refractivity contribution < 1.29 is 19.1 Å². The van der Waals surface area contributed by atoms with E-state index < -0.39 is 12.0 Å². The summed E-state index contributed by atoms with van der Waals surface area (Å²) in [7, 11) is 1.34. The van der Waals surface area contributed by atoms with Crippen LogP contribution < -0.4 is 16.0 Å². The van der Waals surface area contributed by atoms with E-state index in [2.05, 4.69) is 29.8 Å². The Hall–Kier alpha value is -1.79.